The summed E-state index contributed by atoms with van der Waals surface area (Å²) >= 11 is 0. The van der Waals surface area contributed by atoms with Crippen molar-refractivity contribution in [3.8, 4) is 6.07 Å². The van der Waals surface area contributed by atoms with Gasteiger partial charge in [-0.25, -0.2) is 4.79 Å². The Labute approximate surface area is 144 Å². The average molecular weight is 329 g/mol. The molecule has 0 fully saturated rings. The molecule has 1 heterocycles. The number of aromatic nitrogens is 2. The normalized spacial score (nSPS) is 10.9. The second kappa shape index (κ2) is 7.28. The standard InChI is InChI=1S/C20H15N3O2/c21-13-7-12-17-14-23(20(25)22-19(17)24)18(15-8-3-1-4-9-15)16-10-5-2-6-11-16/h1-12,14,18H,(H,22,24,25)/b12-7+. The minimum absolute atomic E-state index is 0.248. The second-order valence-electron chi connectivity index (χ2n) is 5.44. The monoisotopic (exact) mass is 329 g/mol. The third-order valence-electron chi connectivity index (χ3n) is 3.84. The van der Waals surface area contributed by atoms with Crippen molar-refractivity contribution >= 4 is 6.08 Å². The van der Waals surface area contributed by atoms with Crippen molar-refractivity contribution in [3.63, 3.8) is 0 Å². The number of hydrogen-bond acceptors (Lipinski definition) is 3. The topological polar surface area (TPSA) is 78.7 Å². The van der Waals surface area contributed by atoms with E-state index in [1.807, 2.05) is 66.7 Å². The van der Waals surface area contributed by atoms with E-state index in [9.17, 15) is 9.59 Å². The maximum atomic E-state index is 12.5. The molecule has 0 spiro atoms. The molecule has 0 aliphatic rings. The van der Waals surface area contributed by atoms with Crippen LogP contribution in [0, 0.1) is 11.3 Å². The van der Waals surface area contributed by atoms with Crippen LogP contribution in [0.3, 0.4) is 0 Å². The van der Waals surface area contributed by atoms with Gasteiger partial charge in [0.1, 0.15) is 0 Å². The van der Waals surface area contributed by atoms with Crippen LogP contribution in [-0.4, -0.2) is 9.55 Å². The highest BCUT2D eigenvalue weighted by Gasteiger charge is 2.18. The highest BCUT2D eigenvalue weighted by molar-refractivity contribution is 5.49. The molecule has 0 radical (unpaired) electrons. The largest absolute Gasteiger partial charge is 0.329 e. The van der Waals surface area contributed by atoms with Crippen LogP contribution in [0.4, 0.5) is 0 Å². The zero-order chi connectivity index (χ0) is 17.6. The molecule has 0 aliphatic carbocycles. The number of nitriles is 1. The molecule has 0 unspecified atom stereocenters. The van der Waals surface area contributed by atoms with E-state index in [4.69, 9.17) is 5.26 Å². The highest BCUT2D eigenvalue weighted by Crippen LogP contribution is 2.25. The summed E-state index contributed by atoms with van der Waals surface area (Å²) in [6.07, 6.45) is 4.08. The van der Waals surface area contributed by atoms with Gasteiger partial charge in [0, 0.05) is 12.3 Å². The molecule has 5 nitrogen and oxygen atoms in total. The molecule has 1 aromatic heterocycles. The molecular weight excluding hydrogens is 314 g/mol. The number of aromatic amines is 1. The highest BCUT2D eigenvalue weighted by atomic mass is 16.2. The summed E-state index contributed by atoms with van der Waals surface area (Å²) < 4.78 is 1.48. The van der Waals surface area contributed by atoms with E-state index in [0.717, 1.165) is 11.1 Å². The number of hydrogen-bond donors (Lipinski definition) is 1. The van der Waals surface area contributed by atoms with Crippen LogP contribution in [0.5, 0.6) is 0 Å². The first-order valence-electron chi connectivity index (χ1n) is 7.72. The molecule has 25 heavy (non-hydrogen) atoms. The number of allylic oxidation sites excluding steroid dienone is 1. The van der Waals surface area contributed by atoms with Gasteiger partial charge in [-0.3, -0.25) is 14.3 Å². The first-order valence-corrected chi connectivity index (χ1v) is 7.72. The SMILES string of the molecule is N#C/C=C/c1cn(C(c2ccccc2)c2ccccc2)c(=O)[nH]c1=O. The van der Waals surface area contributed by atoms with E-state index in [1.54, 1.807) is 0 Å². The number of nitrogens with zero attached hydrogens (tertiary/aromatic N) is 2. The molecule has 0 atom stereocenters. The number of rotatable bonds is 4. The Morgan fingerprint density at radius 1 is 0.960 bits per heavy atom. The summed E-state index contributed by atoms with van der Waals surface area (Å²) in [6.45, 7) is 0. The molecule has 2 aromatic carbocycles. The Morgan fingerprint density at radius 2 is 1.52 bits per heavy atom. The van der Waals surface area contributed by atoms with E-state index in [0.29, 0.717) is 0 Å². The summed E-state index contributed by atoms with van der Waals surface area (Å²) in [5.74, 6) is 0. The Kier molecular flexibility index (Phi) is 4.72. The molecule has 1 N–H and O–H groups in total. The molecule has 0 saturated heterocycles. The molecule has 0 amide bonds. The lowest BCUT2D eigenvalue weighted by molar-refractivity contribution is 0.625. The van der Waals surface area contributed by atoms with E-state index in [-0.39, 0.29) is 11.6 Å². The van der Waals surface area contributed by atoms with Gasteiger partial charge in [-0.1, -0.05) is 60.7 Å². The summed E-state index contributed by atoms with van der Waals surface area (Å²) in [4.78, 5) is 26.8. The molecule has 0 bridgehead atoms. The van der Waals surface area contributed by atoms with Crippen LogP contribution in [0.15, 0.2) is 82.5 Å². The van der Waals surface area contributed by atoms with E-state index in [2.05, 4.69) is 4.98 Å². The minimum atomic E-state index is -0.521. The third kappa shape index (κ3) is 3.48. The summed E-state index contributed by atoms with van der Waals surface area (Å²) in [7, 11) is 0. The van der Waals surface area contributed by atoms with Gasteiger partial charge in [-0.2, -0.15) is 5.26 Å². The van der Waals surface area contributed by atoms with Crippen molar-refractivity contribution in [3.05, 3.63) is 110 Å². The smallest absolute Gasteiger partial charge is 0.288 e. The maximum absolute atomic E-state index is 12.5. The number of nitrogens with one attached hydrogen (secondary N) is 1. The zero-order valence-corrected chi connectivity index (χ0v) is 13.3. The fourth-order valence-electron chi connectivity index (χ4n) is 2.72. The van der Waals surface area contributed by atoms with Crippen LogP contribution in [0.1, 0.15) is 22.7 Å². The number of H-pyrrole nitrogens is 1. The quantitative estimate of drug-likeness (QED) is 0.748. The predicted octanol–water partition coefficient (Wildman–Crippen LogP) is 2.71. The van der Waals surface area contributed by atoms with Gasteiger partial charge < -0.3 is 0 Å². The van der Waals surface area contributed by atoms with Crippen molar-refractivity contribution in [2.24, 2.45) is 0 Å². The van der Waals surface area contributed by atoms with Crippen molar-refractivity contribution < 1.29 is 0 Å². The fourth-order valence-corrected chi connectivity index (χ4v) is 2.72. The minimum Gasteiger partial charge on any atom is -0.288 e. The number of benzene rings is 2. The molecule has 0 saturated carbocycles. The molecule has 3 aromatic rings. The van der Waals surface area contributed by atoms with Crippen LogP contribution in [0.2, 0.25) is 0 Å². The first-order chi connectivity index (χ1) is 12.2. The maximum Gasteiger partial charge on any atom is 0.329 e. The van der Waals surface area contributed by atoms with Gasteiger partial charge >= 0.3 is 5.69 Å². The Bertz CT molecular complexity index is 1000. The van der Waals surface area contributed by atoms with Crippen LogP contribution in [0.25, 0.3) is 6.08 Å². The van der Waals surface area contributed by atoms with Crippen LogP contribution in [-0.2, 0) is 0 Å². The third-order valence-corrected chi connectivity index (χ3v) is 3.84. The van der Waals surface area contributed by atoms with Gasteiger partial charge in [0.25, 0.3) is 5.56 Å². The van der Waals surface area contributed by atoms with Crippen molar-refractivity contribution in [1.82, 2.24) is 9.55 Å². The van der Waals surface area contributed by atoms with Crippen molar-refractivity contribution in [1.29, 1.82) is 5.26 Å². The Hall–Kier alpha value is -3.65. The lowest BCUT2D eigenvalue weighted by Gasteiger charge is -2.21. The van der Waals surface area contributed by atoms with Gasteiger partial charge in [-0.15, -0.1) is 0 Å². The predicted molar refractivity (Wildman–Crippen MR) is 96.1 cm³/mol. The van der Waals surface area contributed by atoms with Gasteiger partial charge in [0.15, 0.2) is 0 Å². The summed E-state index contributed by atoms with van der Waals surface area (Å²) in [5.41, 5.74) is 1.05. The lowest BCUT2D eigenvalue weighted by Crippen LogP contribution is -2.34. The van der Waals surface area contributed by atoms with Crippen LogP contribution < -0.4 is 11.2 Å². The summed E-state index contributed by atoms with van der Waals surface area (Å²) in [5, 5.41) is 8.69. The molecule has 3 rings (SSSR count). The van der Waals surface area contributed by atoms with Crippen LogP contribution >= 0.6 is 0 Å². The zero-order valence-electron chi connectivity index (χ0n) is 13.3. The van der Waals surface area contributed by atoms with Crippen molar-refractivity contribution in [2.75, 3.05) is 0 Å². The van der Waals surface area contributed by atoms with E-state index < -0.39 is 11.2 Å². The van der Waals surface area contributed by atoms with Gasteiger partial charge in [0.05, 0.1) is 17.7 Å². The van der Waals surface area contributed by atoms with E-state index in [1.165, 1.54) is 22.9 Å². The lowest BCUT2D eigenvalue weighted by atomic mass is 9.98. The van der Waals surface area contributed by atoms with Crippen molar-refractivity contribution in [2.45, 2.75) is 6.04 Å². The summed E-state index contributed by atoms with van der Waals surface area (Å²) in [6, 6.07) is 20.6. The average Bonchev–Trinajstić information content (AvgIpc) is 2.64. The van der Waals surface area contributed by atoms with Gasteiger partial charge in [0.2, 0.25) is 0 Å². The van der Waals surface area contributed by atoms with Gasteiger partial charge in [-0.05, 0) is 17.2 Å². The molecular formula is C20H15N3O2. The molecule has 122 valence electrons. The molecule has 5 heteroatoms. The first kappa shape index (κ1) is 16.2. The Balaban J connectivity index is 2.24. The van der Waals surface area contributed by atoms with E-state index >= 15 is 0 Å². The Morgan fingerprint density at radius 3 is 2.04 bits per heavy atom. The fraction of sp³-hybridized carbons (Fsp3) is 0.0500. The molecule has 0 aliphatic heterocycles. The second-order valence-corrected chi connectivity index (χ2v) is 5.44.